The van der Waals surface area contributed by atoms with Crippen molar-refractivity contribution in [3.05, 3.63) is 29.8 Å². The van der Waals surface area contributed by atoms with Crippen molar-refractivity contribution in [1.29, 1.82) is 0 Å². The van der Waals surface area contributed by atoms with Gasteiger partial charge in [-0.2, -0.15) is 0 Å². The van der Waals surface area contributed by atoms with Crippen molar-refractivity contribution >= 4 is 0 Å². The van der Waals surface area contributed by atoms with E-state index in [1.165, 1.54) is 37.7 Å². The lowest BCUT2D eigenvalue weighted by molar-refractivity contribution is 0.329. The highest BCUT2D eigenvalue weighted by Crippen LogP contribution is 2.25. The minimum absolute atomic E-state index is 0.712. The molecule has 0 spiro atoms. The largest absolute Gasteiger partial charge is 0.497 e. The van der Waals surface area contributed by atoms with E-state index >= 15 is 0 Å². The van der Waals surface area contributed by atoms with Crippen LogP contribution in [0.15, 0.2) is 24.3 Å². The summed E-state index contributed by atoms with van der Waals surface area (Å²) in [4.78, 5) is 0. The molecule has 120 valence electrons. The van der Waals surface area contributed by atoms with Crippen LogP contribution in [-0.2, 0) is 6.42 Å². The average molecular weight is 291 g/mol. The topological polar surface area (TPSA) is 21.3 Å². The van der Waals surface area contributed by atoms with Crippen LogP contribution >= 0.6 is 0 Å². The van der Waals surface area contributed by atoms with Crippen molar-refractivity contribution in [2.75, 3.05) is 20.7 Å². The van der Waals surface area contributed by atoms with E-state index in [4.69, 9.17) is 4.74 Å². The Morgan fingerprint density at radius 1 is 1.19 bits per heavy atom. The third-order valence-corrected chi connectivity index (χ3v) is 4.36. The first-order valence-corrected chi connectivity index (χ1v) is 8.50. The molecular weight excluding hydrogens is 258 g/mol. The molecule has 0 aromatic heterocycles. The van der Waals surface area contributed by atoms with E-state index in [2.05, 4.69) is 44.4 Å². The predicted molar refractivity (Wildman–Crippen MR) is 92.0 cm³/mol. The smallest absolute Gasteiger partial charge is 0.119 e. The second kappa shape index (κ2) is 10.7. The molecule has 0 radical (unpaired) electrons. The van der Waals surface area contributed by atoms with Crippen molar-refractivity contribution < 1.29 is 4.74 Å². The highest BCUT2D eigenvalue weighted by molar-refractivity contribution is 5.28. The Hall–Kier alpha value is -1.02. The molecule has 0 saturated carbocycles. The zero-order valence-electron chi connectivity index (χ0n) is 14.3. The van der Waals surface area contributed by atoms with E-state index in [1.807, 2.05) is 6.07 Å². The number of ether oxygens (including phenoxy) is 1. The number of methoxy groups -OCH3 is 1. The van der Waals surface area contributed by atoms with Crippen LogP contribution in [0.5, 0.6) is 5.75 Å². The van der Waals surface area contributed by atoms with Crippen LogP contribution in [0.3, 0.4) is 0 Å². The molecule has 2 nitrogen and oxygen atoms in total. The highest BCUT2D eigenvalue weighted by atomic mass is 16.5. The maximum atomic E-state index is 5.34. The Bertz CT molecular complexity index is 378. The van der Waals surface area contributed by atoms with Gasteiger partial charge in [-0.3, -0.25) is 0 Å². The van der Waals surface area contributed by atoms with Gasteiger partial charge in [0.1, 0.15) is 5.75 Å². The van der Waals surface area contributed by atoms with Gasteiger partial charge >= 0.3 is 0 Å². The number of hydrogen-bond donors (Lipinski definition) is 1. The summed E-state index contributed by atoms with van der Waals surface area (Å²) in [7, 11) is 3.80. The lowest BCUT2D eigenvalue weighted by Crippen LogP contribution is -2.23. The van der Waals surface area contributed by atoms with E-state index in [0.29, 0.717) is 5.92 Å². The number of benzene rings is 1. The van der Waals surface area contributed by atoms with Crippen LogP contribution in [0.4, 0.5) is 0 Å². The van der Waals surface area contributed by atoms with Gasteiger partial charge in [-0.15, -0.1) is 0 Å². The van der Waals surface area contributed by atoms with Crippen molar-refractivity contribution in [3.8, 4) is 5.75 Å². The number of hydrogen-bond acceptors (Lipinski definition) is 2. The molecule has 1 aromatic rings. The Morgan fingerprint density at radius 3 is 2.62 bits per heavy atom. The molecule has 2 heteroatoms. The summed E-state index contributed by atoms with van der Waals surface area (Å²) in [5, 5.41) is 3.37. The summed E-state index contributed by atoms with van der Waals surface area (Å²) in [5.74, 6) is 2.55. The fourth-order valence-electron chi connectivity index (χ4n) is 3.11. The van der Waals surface area contributed by atoms with Gasteiger partial charge in [0.2, 0.25) is 0 Å². The Balaban J connectivity index is 2.62. The number of unbranched alkanes of at least 4 members (excludes halogenated alkanes) is 1. The molecule has 0 fully saturated rings. The molecule has 0 aliphatic heterocycles. The molecule has 21 heavy (non-hydrogen) atoms. The van der Waals surface area contributed by atoms with Crippen LogP contribution in [0.25, 0.3) is 0 Å². The van der Waals surface area contributed by atoms with Gasteiger partial charge in [0, 0.05) is 0 Å². The number of nitrogens with one attached hydrogen (secondary N) is 1. The van der Waals surface area contributed by atoms with Crippen LogP contribution < -0.4 is 10.1 Å². The van der Waals surface area contributed by atoms with E-state index in [1.54, 1.807) is 7.11 Å². The van der Waals surface area contributed by atoms with E-state index in [9.17, 15) is 0 Å². The zero-order valence-corrected chi connectivity index (χ0v) is 14.3. The molecule has 1 rings (SSSR count). The minimum atomic E-state index is 0.712. The highest BCUT2D eigenvalue weighted by Gasteiger charge is 2.15. The van der Waals surface area contributed by atoms with Gasteiger partial charge < -0.3 is 10.1 Å². The van der Waals surface area contributed by atoms with E-state index in [0.717, 1.165) is 24.6 Å². The first-order chi connectivity index (χ1) is 10.2. The third kappa shape index (κ3) is 6.99. The summed E-state index contributed by atoms with van der Waals surface area (Å²) < 4.78 is 5.34. The summed E-state index contributed by atoms with van der Waals surface area (Å²) in [6, 6.07) is 8.51. The van der Waals surface area contributed by atoms with Gasteiger partial charge in [0.15, 0.2) is 0 Å². The lowest BCUT2D eigenvalue weighted by atomic mass is 9.85. The van der Waals surface area contributed by atoms with Crippen LogP contribution in [-0.4, -0.2) is 20.7 Å². The summed E-state index contributed by atoms with van der Waals surface area (Å²) in [5.41, 5.74) is 1.39. The summed E-state index contributed by atoms with van der Waals surface area (Å²) >= 11 is 0. The lowest BCUT2D eigenvalue weighted by Gasteiger charge is -2.23. The molecule has 1 N–H and O–H groups in total. The molecule has 0 aliphatic rings. The van der Waals surface area contributed by atoms with Crippen molar-refractivity contribution in [2.45, 2.75) is 52.4 Å². The standard InChI is InChI=1S/C19H33NO/c1-5-7-9-16(6-2)12-18(15-20-3)13-17-10-8-11-19(14-17)21-4/h8,10-11,14,16,18,20H,5-7,9,12-13,15H2,1-4H3. The zero-order chi connectivity index (χ0) is 15.5. The maximum Gasteiger partial charge on any atom is 0.119 e. The first-order valence-electron chi connectivity index (χ1n) is 8.50. The molecule has 0 heterocycles. The monoisotopic (exact) mass is 291 g/mol. The first kappa shape index (κ1) is 18.0. The van der Waals surface area contributed by atoms with Gasteiger partial charge in [-0.25, -0.2) is 0 Å². The van der Waals surface area contributed by atoms with E-state index < -0.39 is 0 Å². The molecule has 0 amide bonds. The Labute approximate surface area is 131 Å². The quantitative estimate of drug-likeness (QED) is 0.639. The van der Waals surface area contributed by atoms with Crippen LogP contribution in [0, 0.1) is 11.8 Å². The maximum absolute atomic E-state index is 5.34. The minimum Gasteiger partial charge on any atom is -0.497 e. The molecule has 0 saturated heterocycles. The van der Waals surface area contributed by atoms with Gasteiger partial charge in [0.05, 0.1) is 7.11 Å². The molecule has 0 bridgehead atoms. The Kier molecular flexibility index (Phi) is 9.16. The van der Waals surface area contributed by atoms with Gasteiger partial charge in [0.25, 0.3) is 0 Å². The SMILES string of the molecule is CCCCC(CC)CC(CNC)Cc1cccc(OC)c1. The summed E-state index contributed by atoms with van der Waals surface area (Å²) in [6.07, 6.45) is 7.83. The fourth-order valence-corrected chi connectivity index (χ4v) is 3.11. The van der Waals surface area contributed by atoms with Crippen LogP contribution in [0.2, 0.25) is 0 Å². The average Bonchev–Trinajstić information content (AvgIpc) is 2.51. The van der Waals surface area contributed by atoms with Crippen molar-refractivity contribution in [3.63, 3.8) is 0 Å². The van der Waals surface area contributed by atoms with Crippen LogP contribution in [0.1, 0.15) is 51.5 Å². The summed E-state index contributed by atoms with van der Waals surface area (Å²) in [6.45, 7) is 5.72. The van der Waals surface area contributed by atoms with Crippen molar-refractivity contribution in [1.82, 2.24) is 5.32 Å². The Morgan fingerprint density at radius 2 is 2.00 bits per heavy atom. The normalized spacial score (nSPS) is 13.9. The second-order valence-corrected chi connectivity index (χ2v) is 6.13. The number of rotatable bonds is 11. The molecule has 1 aromatic carbocycles. The van der Waals surface area contributed by atoms with Gasteiger partial charge in [-0.05, 0) is 56.0 Å². The molecular formula is C19H33NO. The second-order valence-electron chi connectivity index (χ2n) is 6.13. The predicted octanol–water partition coefficient (Wildman–Crippen LogP) is 4.68. The molecule has 0 aliphatic carbocycles. The molecule has 2 unspecified atom stereocenters. The van der Waals surface area contributed by atoms with E-state index in [-0.39, 0.29) is 0 Å². The van der Waals surface area contributed by atoms with Crippen molar-refractivity contribution in [2.24, 2.45) is 11.8 Å². The molecule has 2 atom stereocenters. The fraction of sp³-hybridized carbons (Fsp3) is 0.684. The third-order valence-electron chi connectivity index (χ3n) is 4.36. The van der Waals surface area contributed by atoms with Gasteiger partial charge in [-0.1, -0.05) is 51.7 Å².